The van der Waals surface area contributed by atoms with Gasteiger partial charge in [0.1, 0.15) is 16.7 Å². The van der Waals surface area contributed by atoms with E-state index in [2.05, 4.69) is 11.0 Å². The van der Waals surface area contributed by atoms with Gasteiger partial charge in [-0.25, -0.2) is 18.4 Å². The maximum Gasteiger partial charge on any atom is 0.289 e. The number of nitrogens with zero attached hydrogens (tertiary/aromatic N) is 5. The van der Waals surface area contributed by atoms with Crippen LogP contribution in [0.5, 0.6) is 0 Å². The molecule has 0 aliphatic carbocycles. The van der Waals surface area contributed by atoms with E-state index in [-0.39, 0.29) is 23.0 Å². The molecule has 12 heteroatoms. The van der Waals surface area contributed by atoms with E-state index in [1.165, 1.54) is 16.4 Å². The Kier molecular flexibility index (Phi) is 7.13. The summed E-state index contributed by atoms with van der Waals surface area (Å²) in [5.41, 5.74) is 3.41. The Labute approximate surface area is 220 Å². The van der Waals surface area contributed by atoms with Gasteiger partial charge in [-0.05, 0) is 24.6 Å². The lowest BCUT2D eigenvalue weighted by atomic mass is 10.1. The van der Waals surface area contributed by atoms with Crippen LogP contribution in [0.15, 0.2) is 47.4 Å². The number of nitro groups is 1. The second kappa shape index (κ2) is 10.3. The average molecular weight is 544 g/mol. The lowest BCUT2D eigenvalue weighted by molar-refractivity contribution is -0.384. The zero-order chi connectivity index (χ0) is 26.2. The molecule has 1 fully saturated rings. The smallest absolute Gasteiger partial charge is 0.289 e. The number of sulfonamides is 1. The van der Waals surface area contributed by atoms with Crippen molar-refractivity contribution in [3.8, 4) is 0 Å². The molecule has 0 saturated carbocycles. The molecule has 3 heterocycles. The molecule has 0 N–H and O–H groups in total. The standard InChI is InChI=1S/C25H26ClN5O5S/c1-17-3-2-4-18(13-17)14-24-27-22-7-8-30(16-20(22)25(28-24)29-9-11-36-12-10-29)37(34,35)19-5-6-21(26)23(15-19)31(32)33/h2-6,13,15H,7-12,14,16H2,1H3. The van der Waals surface area contributed by atoms with Crippen molar-refractivity contribution in [2.24, 2.45) is 0 Å². The van der Waals surface area contributed by atoms with Gasteiger partial charge in [-0.2, -0.15) is 4.31 Å². The molecule has 2 aliphatic rings. The Morgan fingerprint density at radius 3 is 2.62 bits per heavy atom. The van der Waals surface area contributed by atoms with Gasteiger partial charge in [-0.15, -0.1) is 0 Å². The number of aryl methyl sites for hydroxylation is 1. The minimum absolute atomic E-state index is 0.0749. The van der Waals surface area contributed by atoms with E-state index in [1.807, 2.05) is 25.1 Å². The summed E-state index contributed by atoms with van der Waals surface area (Å²) in [7, 11) is -4.02. The first kappa shape index (κ1) is 25.5. The molecule has 0 amide bonds. The van der Waals surface area contributed by atoms with Gasteiger partial charge < -0.3 is 9.64 Å². The summed E-state index contributed by atoms with van der Waals surface area (Å²) in [6, 6.07) is 11.8. The number of anilines is 1. The lowest BCUT2D eigenvalue weighted by Gasteiger charge is -2.34. The largest absolute Gasteiger partial charge is 0.378 e. The number of hydrogen-bond donors (Lipinski definition) is 0. The maximum absolute atomic E-state index is 13.5. The summed E-state index contributed by atoms with van der Waals surface area (Å²) in [6.07, 6.45) is 0.980. The monoisotopic (exact) mass is 543 g/mol. The van der Waals surface area contributed by atoms with Gasteiger partial charge in [0.05, 0.1) is 28.7 Å². The Bertz CT molecular complexity index is 1460. The number of nitro benzene ring substituents is 1. The van der Waals surface area contributed by atoms with Gasteiger partial charge in [0.2, 0.25) is 10.0 Å². The zero-order valence-corrected chi connectivity index (χ0v) is 21.8. The lowest BCUT2D eigenvalue weighted by Crippen LogP contribution is -2.41. The number of morpholine rings is 1. The highest BCUT2D eigenvalue weighted by molar-refractivity contribution is 7.89. The van der Waals surface area contributed by atoms with E-state index in [0.717, 1.165) is 34.3 Å². The van der Waals surface area contributed by atoms with Crippen molar-refractivity contribution in [3.63, 3.8) is 0 Å². The molecule has 194 valence electrons. The number of hydrogen-bond acceptors (Lipinski definition) is 8. The Hall–Kier alpha value is -3.12. The normalized spacial score (nSPS) is 16.4. The van der Waals surface area contributed by atoms with E-state index >= 15 is 0 Å². The molecule has 3 aromatic rings. The van der Waals surface area contributed by atoms with Crippen LogP contribution in [0.25, 0.3) is 0 Å². The molecule has 2 aliphatic heterocycles. The molecular formula is C25H26ClN5O5S. The summed E-state index contributed by atoms with van der Waals surface area (Å²) in [5.74, 6) is 1.41. The number of rotatable bonds is 6. The van der Waals surface area contributed by atoms with Crippen LogP contribution in [0.3, 0.4) is 0 Å². The van der Waals surface area contributed by atoms with Gasteiger partial charge in [-0.1, -0.05) is 41.4 Å². The van der Waals surface area contributed by atoms with Crippen LogP contribution in [0.1, 0.15) is 28.2 Å². The van der Waals surface area contributed by atoms with Crippen molar-refractivity contribution in [2.75, 3.05) is 37.7 Å². The number of halogens is 1. The predicted octanol–water partition coefficient (Wildman–Crippen LogP) is 3.52. The van der Waals surface area contributed by atoms with Crippen LogP contribution in [-0.4, -0.2) is 60.5 Å². The molecule has 0 atom stereocenters. The molecular weight excluding hydrogens is 518 g/mol. The Morgan fingerprint density at radius 1 is 1.11 bits per heavy atom. The molecule has 0 unspecified atom stereocenters. The molecule has 5 rings (SSSR count). The minimum Gasteiger partial charge on any atom is -0.378 e. The van der Waals surface area contributed by atoms with Crippen LogP contribution in [0, 0.1) is 17.0 Å². The van der Waals surface area contributed by atoms with Crippen molar-refractivity contribution in [3.05, 3.63) is 85.8 Å². The fraction of sp³-hybridized carbons (Fsp3) is 0.360. The van der Waals surface area contributed by atoms with Gasteiger partial charge in [0, 0.05) is 50.7 Å². The molecule has 1 aromatic heterocycles. The fourth-order valence-corrected chi connectivity index (χ4v) is 6.31. The highest BCUT2D eigenvalue weighted by Gasteiger charge is 2.33. The minimum atomic E-state index is -4.02. The quantitative estimate of drug-likeness (QED) is 0.342. The summed E-state index contributed by atoms with van der Waals surface area (Å²) < 4.78 is 33.8. The van der Waals surface area contributed by atoms with Crippen LogP contribution in [-0.2, 0) is 34.1 Å². The molecule has 0 spiro atoms. The first-order valence-electron chi connectivity index (χ1n) is 11.9. The first-order chi connectivity index (χ1) is 17.7. The number of benzene rings is 2. The first-order valence-corrected chi connectivity index (χ1v) is 13.7. The summed E-state index contributed by atoms with van der Waals surface area (Å²) >= 11 is 5.90. The highest BCUT2D eigenvalue weighted by Crippen LogP contribution is 2.33. The van der Waals surface area contributed by atoms with Crippen molar-refractivity contribution >= 4 is 33.1 Å². The third-order valence-electron chi connectivity index (χ3n) is 6.56. The highest BCUT2D eigenvalue weighted by atomic mass is 35.5. The van der Waals surface area contributed by atoms with Gasteiger partial charge in [0.15, 0.2) is 0 Å². The fourth-order valence-electron chi connectivity index (χ4n) is 4.69. The summed E-state index contributed by atoms with van der Waals surface area (Å²) in [4.78, 5) is 22.3. The molecule has 1 saturated heterocycles. The van der Waals surface area contributed by atoms with E-state index in [9.17, 15) is 18.5 Å². The van der Waals surface area contributed by atoms with E-state index in [0.29, 0.717) is 45.0 Å². The molecule has 0 radical (unpaired) electrons. The second-order valence-electron chi connectivity index (χ2n) is 9.11. The van der Waals surface area contributed by atoms with Crippen LogP contribution >= 0.6 is 11.6 Å². The van der Waals surface area contributed by atoms with E-state index in [1.54, 1.807) is 0 Å². The third-order valence-corrected chi connectivity index (χ3v) is 8.72. The number of fused-ring (bicyclic) bond motifs is 1. The summed E-state index contributed by atoms with van der Waals surface area (Å²) in [5, 5.41) is 11.2. The van der Waals surface area contributed by atoms with Gasteiger partial charge in [0.25, 0.3) is 5.69 Å². The van der Waals surface area contributed by atoms with E-state index < -0.39 is 20.6 Å². The molecule has 0 bridgehead atoms. The third kappa shape index (κ3) is 5.30. The van der Waals surface area contributed by atoms with Gasteiger partial charge >= 0.3 is 0 Å². The van der Waals surface area contributed by atoms with Crippen molar-refractivity contribution in [1.82, 2.24) is 14.3 Å². The predicted molar refractivity (Wildman–Crippen MR) is 138 cm³/mol. The molecule has 10 nitrogen and oxygen atoms in total. The summed E-state index contributed by atoms with van der Waals surface area (Å²) in [6.45, 7) is 4.72. The Morgan fingerprint density at radius 2 is 1.89 bits per heavy atom. The molecule has 2 aromatic carbocycles. The second-order valence-corrected chi connectivity index (χ2v) is 11.5. The van der Waals surface area contributed by atoms with Crippen molar-refractivity contribution in [1.29, 1.82) is 0 Å². The maximum atomic E-state index is 13.5. The number of aromatic nitrogens is 2. The van der Waals surface area contributed by atoms with Crippen LogP contribution in [0.4, 0.5) is 11.5 Å². The topological polar surface area (TPSA) is 119 Å². The number of ether oxygens (including phenoxy) is 1. The SMILES string of the molecule is Cc1cccc(Cc2nc3c(c(N4CCOCC4)n2)CN(S(=O)(=O)c2ccc(Cl)c([N+](=O)[O-])c2)CC3)c1. The zero-order valence-electron chi connectivity index (χ0n) is 20.3. The average Bonchev–Trinajstić information content (AvgIpc) is 2.88. The molecule has 37 heavy (non-hydrogen) atoms. The van der Waals surface area contributed by atoms with Crippen LogP contribution < -0.4 is 4.90 Å². The van der Waals surface area contributed by atoms with Gasteiger partial charge in [-0.3, -0.25) is 10.1 Å². The van der Waals surface area contributed by atoms with Crippen LogP contribution in [0.2, 0.25) is 5.02 Å². The Balaban J connectivity index is 1.51. The van der Waals surface area contributed by atoms with Crippen molar-refractivity contribution < 1.29 is 18.1 Å². The van der Waals surface area contributed by atoms with E-state index in [4.69, 9.17) is 26.3 Å². The van der Waals surface area contributed by atoms with Crippen molar-refractivity contribution in [2.45, 2.75) is 31.2 Å².